The number of hydrogen-bond donors (Lipinski definition) is 0. The van der Waals surface area contributed by atoms with Crippen molar-refractivity contribution in [2.45, 2.75) is 53.6 Å². The van der Waals surface area contributed by atoms with Gasteiger partial charge in [-0.05, 0) is 34.1 Å². The van der Waals surface area contributed by atoms with Crippen molar-refractivity contribution in [3.63, 3.8) is 0 Å². The summed E-state index contributed by atoms with van der Waals surface area (Å²) in [6, 6.07) is 0.212. The Bertz CT molecular complexity index is 1130. The van der Waals surface area contributed by atoms with Gasteiger partial charge < -0.3 is 4.57 Å². The molecular weight excluding hydrogens is 322 g/mol. The van der Waals surface area contributed by atoms with E-state index in [4.69, 9.17) is 0 Å². The highest BCUT2D eigenvalue weighted by Gasteiger charge is 2.24. The van der Waals surface area contributed by atoms with Crippen molar-refractivity contribution in [2.75, 3.05) is 0 Å². The van der Waals surface area contributed by atoms with Gasteiger partial charge in [0.15, 0.2) is 11.2 Å². The monoisotopic (exact) mass is 345 g/mol. The molecule has 3 aromatic heterocycles. The zero-order valence-electron chi connectivity index (χ0n) is 15.5. The highest BCUT2D eigenvalue weighted by atomic mass is 16.2. The van der Waals surface area contributed by atoms with E-state index in [1.807, 2.05) is 13.8 Å². The fraction of sp³-hybridized carbons (Fsp3) is 0.529. The molecule has 0 N–H and O–H groups in total. The average molecular weight is 345 g/mol. The Balaban J connectivity index is 2.55. The number of Topliss-reactive ketones (excluding diaryl/α,β-unsaturated/α-hetero) is 1. The number of hydrogen-bond acceptors (Lipinski definition) is 4. The smallest absolute Gasteiger partial charge is 0.311 e. The summed E-state index contributed by atoms with van der Waals surface area (Å²) < 4.78 is 6.21. The molecule has 0 aliphatic rings. The molecule has 0 spiro atoms. The van der Waals surface area contributed by atoms with Crippen LogP contribution in [0.3, 0.4) is 0 Å². The Labute approximate surface area is 144 Å². The first kappa shape index (κ1) is 17.2. The second kappa shape index (κ2) is 5.72. The van der Waals surface area contributed by atoms with Crippen molar-refractivity contribution < 1.29 is 4.79 Å². The van der Waals surface area contributed by atoms with Crippen LogP contribution in [0.15, 0.2) is 9.59 Å². The van der Waals surface area contributed by atoms with Crippen LogP contribution in [0.2, 0.25) is 0 Å². The molecule has 0 bridgehead atoms. The summed E-state index contributed by atoms with van der Waals surface area (Å²) in [6.45, 7) is 9.24. The molecule has 0 aromatic carbocycles. The van der Waals surface area contributed by atoms with Gasteiger partial charge in [-0.25, -0.2) is 4.79 Å². The molecular formula is C17H23N5O3. The molecule has 8 heteroatoms. The van der Waals surface area contributed by atoms with E-state index in [9.17, 15) is 14.4 Å². The van der Waals surface area contributed by atoms with Crippen molar-refractivity contribution in [1.29, 1.82) is 0 Å². The molecule has 0 radical (unpaired) electrons. The molecule has 3 heterocycles. The first-order valence-electron chi connectivity index (χ1n) is 8.39. The second-order valence-corrected chi connectivity index (χ2v) is 6.65. The molecule has 0 unspecified atom stereocenters. The molecule has 0 amide bonds. The Kier molecular flexibility index (Phi) is 3.93. The predicted octanol–water partition coefficient (Wildman–Crippen LogP) is 1.33. The first-order chi connectivity index (χ1) is 11.7. The van der Waals surface area contributed by atoms with Gasteiger partial charge in [0.1, 0.15) is 5.78 Å². The van der Waals surface area contributed by atoms with Gasteiger partial charge in [-0.3, -0.25) is 23.1 Å². The molecule has 0 saturated carbocycles. The summed E-state index contributed by atoms with van der Waals surface area (Å²) in [7, 11) is 1.57. The van der Waals surface area contributed by atoms with Crippen molar-refractivity contribution in [1.82, 2.24) is 23.1 Å². The molecule has 1 atom stereocenters. The number of nitrogens with zero attached hydrogens (tertiary/aromatic N) is 5. The molecule has 3 rings (SSSR count). The lowest BCUT2D eigenvalue weighted by molar-refractivity contribution is -0.117. The SMILES string of the molecule is CC[C@@H](C)n1c(C)c(C)n2c3c(=O)n(CC(C)=O)c(=O)n(C)c3nc12. The van der Waals surface area contributed by atoms with Crippen LogP contribution in [0, 0.1) is 13.8 Å². The fourth-order valence-electron chi connectivity index (χ4n) is 3.35. The van der Waals surface area contributed by atoms with E-state index in [1.54, 1.807) is 11.4 Å². The summed E-state index contributed by atoms with van der Waals surface area (Å²) in [6.07, 6.45) is 0.918. The molecule has 134 valence electrons. The van der Waals surface area contributed by atoms with Crippen molar-refractivity contribution >= 4 is 22.7 Å². The van der Waals surface area contributed by atoms with Gasteiger partial charge in [-0.15, -0.1) is 0 Å². The quantitative estimate of drug-likeness (QED) is 0.714. The van der Waals surface area contributed by atoms with Gasteiger partial charge in [0.25, 0.3) is 5.56 Å². The third kappa shape index (κ3) is 2.27. The van der Waals surface area contributed by atoms with Crippen LogP contribution in [0.5, 0.6) is 0 Å². The average Bonchev–Trinajstić information content (AvgIpc) is 3.05. The molecule has 25 heavy (non-hydrogen) atoms. The second-order valence-electron chi connectivity index (χ2n) is 6.65. The minimum atomic E-state index is -0.530. The third-order valence-corrected chi connectivity index (χ3v) is 4.97. The van der Waals surface area contributed by atoms with Crippen molar-refractivity contribution in [3.8, 4) is 0 Å². The topological polar surface area (TPSA) is 83.3 Å². The van der Waals surface area contributed by atoms with E-state index in [2.05, 4.69) is 23.4 Å². The number of rotatable bonds is 4. The molecule has 0 saturated heterocycles. The fourth-order valence-corrected chi connectivity index (χ4v) is 3.35. The molecule has 0 aliphatic carbocycles. The molecule has 3 aromatic rings. The van der Waals surface area contributed by atoms with Crippen molar-refractivity contribution in [3.05, 3.63) is 32.2 Å². The lowest BCUT2D eigenvalue weighted by Gasteiger charge is -2.13. The first-order valence-corrected chi connectivity index (χ1v) is 8.39. The highest BCUT2D eigenvalue weighted by Crippen LogP contribution is 2.25. The maximum Gasteiger partial charge on any atom is 0.332 e. The molecule has 0 aliphatic heterocycles. The van der Waals surface area contributed by atoms with E-state index >= 15 is 0 Å². The van der Waals surface area contributed by atoms with Crippen LogP contribution in [0.1, 0.15) is 44.6 Å². The maximum atomic E-state index is 13.0. The van der Waals surface area contributed by atoms with Gasteiger partial charge in [0, 0.05) is 24.5 Å². The van der Waals surface area contributed by atoms with E-state index < -0.39 is 11.2 Å². The predicted molar refractivity (Wildman–Crippen MR) is 95.3 cm³/mol. The van der Waals surface area contributed by atoms with Gasteiger partial charge in [-0.1, -0.05) is 6.92 Å². The number of ketones is 1. The number of carbonyl (C=O) groups excluding carboxylic acids is 1. The van der Waals surface area contributed by atoms with Gasteiger partial charge >= 0.3 is 5.69 Å². The van der Waals surface area contributed by atoms with E-state index in [1.165, 1.54) is 11.5 Å². The van der Waals surface area contributed by atoms with Gasteiger partial charge in [0.2, 0.25) is 5.78 Å². The summed E-state index contributed by atoms with van der Waals surface area (Å²) in [5.74, 6) is 0.399. The minimum absolute atomic E-state index is 0.212. The minimum Gasteiger partial charge on any atom is -0.311 e. The summed E-state index contributed by atoms with van der Waals surface area (Å²) >= 11 is 0. The Hall–Kier alpha value is -2.64. The van der Waals surface area contributed by atoms with Crippen LogP contribution in [0.4, 0.5) is 0 Å². The maximum absolute atomic E-state index is 13.0. The standard InChI is InChI=1S/C17H23N5O3/c1-7-9(2)21-11(4)12(5)22-13-14(18-16(21)22)19(6)17(25)20(15(13)24)8-10(3)23/h9H,7-8H2,1-6H3/t9-/m1/s1. The van der Waals surface area contributed by atoms with Crippen LogP contribution < -0.4 is 11.2 Å². The van der Waals surface area contributed by atoms with E-state index in [0.717, 1.165) is 22.4 Å². The zero-order chi connectivity index (χ0) is 18.6. The Morgan fingerprint density at radius 1 is 1.20 bits per heavy atom. The van der Waals surface area contributed by atoms with Crippen LogP contribution in [0.25, 0.3) is 16.9 Å². The van der Waals surface area contributed by atoms with Gasteiger partial charge in [-0.2, -0.15) is 4.98 Å². The summed E-state index contributed by atoms with van der Waals surface area (Å²) in [5.41, 5.74) is 1.60. The van der Waals surface area contributed by atoms with Crippen LogP contribution >= 0.6 is 0 Å². The van der Waals surface area contributed by atoms with E-state index in [-0.39, 0.29) is 18.4 Å². The number of imidazole rings is 2. The molecule has 0 fully saturated rings. The summed E-state index contributed by atoms with van der Waals surface area (Å²) in [4.78, 5) is 41.5. The normalized spacial score (nSPS) is 13.0. The Morgan fingerprint density at radius 2 is 1.84 bits per heavy atom. The number of fused-ring (bicyclic) bond motifs is 3. The summed E-state index contributed by atoms with van der Waals surface area (Å²) in [5, 5.41) is 0. The third-order valence-electron chi connectivity index (χ3n) is 4.97. The Morgan fingerprint density at radius 3 is 2.40 bits per heavy atom. The van der Waals surface area contributed by atoms with Crippen LogP contribution in [-0.4, -0.2) is 28.9 Å². The molecule has 8 nitrogen and oxygen atoms in total. The van der Waals surface area contributed by atoms with Crippen molar-refractivity contribution in [2.24, 2.45) is 7.05 Å². The largest absolute Gasteiger partial charge is 0.332 e. The van der Waals surface area contributed by atoms with Crippen LogP contribution in [-0.2, 0) is 18.4 Å². The lowest BCUT2D eigenvalue weighted by atomic mass is 10.2. The number of carbonyl (C=O) groups is 1. The van der Waals surface area contributed by atoms with Gasteiger partial charge in [0.05, 0.1) is 6.54 Å². The zero-order valence-corrected chi connectivity index (χ0v) is 15.5. The number of aryl methyl sites for hydroxylation is 2. The number of aromatic nitrogens is 5. The highest BCUT2D eigenvalue weighted by molar-refractivity contribution is 5.78. The van der Waals surface area contributed by atoms with E-state index in [0.29, 0.717) is 16.9 Å². The lowest BCUT2D eigenvalue weighted by Crippen LogP contribution is -2.40.